The summed E-state index contributed by atoms with van der Waals surface area (Å²) in [6.45, 7) is 6.21. The minimum absolute atomic E-state index is 0.337. The number of amides is 1. The van der Waals surface area contributed by atoms with Crippen LogP contribution in [-0.4, -0.2) is 30.2 Å². The predicted octanol–water partition coefficient (Wildman–Crippen LogP) is 1.87. The maximum Gasteiger partial charge on any atom is 0.407 e. The van der Waals surface area contributed by atoms with Crippen molar-refractivity contribution in [2.75, 3.05) is 18.6 Å². The molecule has 0 unspecified atom stereocenters. The zero-order valence-electron chi connectivity index (χ0n) is 8.14. The van der Waals surface area contributed by atoms with Crippen molar-refractivity contribution < 1.29 is 9.53 Å². The molecule has 72 valence electrons. The molecular formula is C8H17NO2S. The van der Waals surface area contributed by atoms with E-state index in [2.05, 4.69) is 5.32 Å². The number of rotatable bonds is 3. The van der Waals surface area contributed by atoms with Crippen LogP contribution in [0.3, 0.4) is 0 Å². The minimum atomic E-state index is -0.399. The third kappa shape index (κ3) is 7.72. The summed E-state index contributed by atoms with van der Waals surface area (Å²) in [6, 6.07) is 0. The summed E-state index contributed by atoms with van der Waals surface area (Å²) in [7, 11) is 0. The maximum atomic E-state index is 11.0. The lowest BCUT2D eigenvalue weighted by Gasteiger charge is -2.19. The Hall–Kier alpha value is -0.380. The molecule has 0 radical (unpaired) electrons. The summed E-state index contributed by atoms with van der Waals surface area (Å²) in [5.74, 6) is 0.916. The smallest absolute Gasteiger partial charge is 0.407 e. The molecule has 0 aliphatic heterocycles. The van der Waals surface area contributed by atoms with Crippen LogP contribution in [0, 0.1) is 0 Å². The Balaban J connectivity index is 3.47. The molecule has 0 rings (SSSR count). The first-order valence-electron chi connectivity index (χ1n) is 3.91. The Kier molecular flexibility index (Phi) is 5.13. The molecule has 4 heteroatoms. The molecule has 0 saturated heterocycles. The molecule has 0 aromatic rings. The first-order valence-corrected chi connectivity index (χ1v) is 5.31. The summed E-state index contributed by atoms with van der Waals surface area (Å²) < 4.78 is 5.02. The molecule has 0 bridgehead atoms. The zero-order chi connectivity index (χ0) is 9.61. The molecule has 3 nitrogen and oxygen atoms in total. The highest BCUT2D eigenvalue weighted by Gasteiger charge is 2.14. The zero-order valence-corrected chi connectivity index (χ0v) is 8.96. The Labute approximate surface area is 78.2 Å². The highest BCUT2D eigenvalue weighted by molar-refractivity contribution is 7.98. The van der Waals surface area contributed by atoms with Gasteiger partial charge in [0.1, 0.15) is 5.60 Å². The van der Waals surface area contributed by atoms with E-state index in [1.807, 2.05) is 27.0 Å². The van der Waals surface area contributed by atoms with Crippen LogP contribution < -0.4 is 5.32 Å². The van der Waals surface area contributed by atoms with E-state index < -0.39 is 5.60 Å². The molecule has 1 N–H and O–H groups in total. The topological polar surface area (TPSA) is 38.3 Å². The minimum Gasteiger partial charge on any atom is -0.444 e. The van der Waals surface area contributed by atoms with Gasteiger partial charge in [-0.1, -0.05) is 0 Å². The van der Waals surface area contributed by atoms with Gasteiger partial charge in [0.05, 0.1) is 0 Å². The predicted molar refractivity (Wildman–Crippen MR) is 52.6 cm³/mol. The van der Waals surface area contributed by atoms with Gasteiger partial charge in [-0.25, -0.2) is 4.79 Å². The Morgan fingerprint density at radius 1 is 1.50 bits per heavy atom. The number of nitrogens with one attached hydrogen (secondary N) is 1. The number of thioether (sulfide) groups is 1. The fraction of sp³-hybridized carbons (Fsp3) is 0.875. The van der Waals surface area contributed by atoms with Crippen LogP contribution in [0.25, 0.3) is 0 Å². The second-order valence-electron chi connectivity index (χ2n) is 3.42. The summed E-state index contributed by atoms with van der Waals surface area (Å²) in [6.07, 6.45) is 1.66. The van der Waals surface area contributed by atoms with Gasteiger partial charge >= 0.3 is 6.09 Å². The van der Waals surface area contributed by atoms with Crippen molar-refractivity contribution in [1.82, 2.24) is 5.32 Å². The van der Waals surface area contributed by atoms with Crippen molar-refractivity contribution in [2.45, 2.75) is 26.4 Å². The molecule has 0 saturated carbocycles. The molecule has 0 spiro atoms. The Morgan fingerprint density at radius 3 is 2.50 bits per heavy atom. The van der Waals surface area contributed by atoms with Crippen molar-refractivity contribution in [3.63, 3.8) is 0 Å². The van der Waals surface area contributed by atoms with Gasteiger partial charge < -0.3 is 10.1 Å². The SMILES string of the molecule is CSCCNC(=O)OC(C)(C)C. The normalized spacial score (nSPS) is 11.0. The first kappa shape index (κ1) is 11.6. The van der Waals surface area contributed by atoms with Crippen LogP contribution in [0.1, 0.15) is 20.8 Å². The number of ether oxygens (including phenoxy) is 1. The number of carbonyl (C=O) groups is 1. The van der Waals surface area contributed by atoms with Crippen molar-refractivity contribution in [1.29, 1.82) is 0 Å². The maximum absolute atomic E-state index is 11.0. The summed E-state index contributed by atoms with van der Waals surface area (Å²) in [5, 5.41) is 2.66. The lowest BCUT2D eigenvalue weighted by atomic mass is 10.2. The number of alkyl carbamates (subject to hydrolysis) is 1. The van der Waals surface area contributed by atoms with E-state index in [0.29, 0.717) is 6.54 Å². The van der Waals surface area contributed by atoms with E-state index in [1.54, 1.807) is 11.8 Å². The van der Waals surface area contributed by atoms with Gasteiger partial charge in [-0.05, 0) is 27.0 Å². The molecule has 0 aromatic heterocycles. The van der Waals surface area contributed by atoms with Gasteiger partial charge in [-0.3, -0.25) is 0 Å². The fourth-order valence-electron chi connectivity index (χ4n) is 0.569. The van der Waals surface area contributed by atoms with Crippen LogP contribution in [0.2, 0.25) is 0 Å². The van der Waals surface area contributed by atoms with Gasteiger partial charge in [0.15, 0.2) is 0 Å². The van der Waals surface area contributed by atoms with Crippen molar-refractivity contribution in [3.05, 3.63) is 0 Å². The Morgan fingerprint density at radius 2 is 2.08 bits per heavy atom. The van der Waals surface area contributed by atoms with Gasteiger partial charge in [-0.15, -0.1) is 0 Å². The molecular weight excluding hydrogens is 174 g/mol. The summed E-state index contributed by atoms with van der Waals surface area (Å²) >= 11 is 1.69. The van der Waals surface area contributed by atoms with Crippen LogP contribution >= 0.6 is 11.8 Å². The van der Waals surface area contributed by atoms with E-state index in [1.165, 1.54) is 0 Å². The van der Waals surface area contributed by atoms with E-state index in [-0.39, 0.29) is 6.09 Å². The van der Waals surface area contributed by atoms with Crippen molar-refractivity contribution in [3.8, 4) is 0 Å². The second-order valence-corrected chi connectivity index (χ2v) is 4.41. The van der Waals surface area contributed by atoms with Crippen LogP contribution in [0.5, 0.6) is 0 Å². The molecule has 0 aromatic carbocycles. The van der Waals surface area contributed by atoms with Gasteiger partial charge in [-0.2, -0.15) is 11.8 Å². The molecule has 0 aliphatic carbocycles. The van der Waals surface area contributed by atoms with Crippen molar-refractivity contribution in [2.24, 2.45) is 0 Å². The molecule has 0 aliphatic rings. The summed E-state index contributed by atoms with van der Waals surface area (Å²) in [5.41, 5.74) is -0.399. The van der Waals surface area contributed by atoms with Gasteiger partial charge in [0.25, 0.3) is 0 Å². The highest BCUT2D eigenvalue weighted by atomic mass is 32.2. The standard InChI is InChI=1S/C8H17NO2S/c1-8(2,3)11-7(10)9-5-6-12-4/h5-6H2,1-4H3,(H,9,10). The van der Waals surface area contributed by atoms with E-state index in [9.17, 15) is 4.79 Å². The lowest BCUT2D eigenvalue weighted by molar-refractivity contribution is 0.0531. The van der Waals surface area contributed by atoms with Crippen LogP contribution in [0.4, 0.5) is 4.79 Å². The lowest BCUT2D eigenvalue weighted by Crippen LogP contribution is -2.33. The van der Waals surface area contributed by atoms with Gasteiger partial charge in [0, 0.05) is 12.3 Å². The molecule has 0 atom stereocenters. The largest absolute Gasteiger partial charge is 0.444 e. The molecule has 0 heterocycles. The van der Waals surface area contributed by atoms with Crippen molar-refractivity contribution >= 4 is 17.9 Å². The second kappa shape index (κ2) is 5.30. The summed E-state index contributed by atoms with van der Waals surface area (Å²) in [4.78, 5) is 11.0. The third-order valence-corrected chi connectivity index (χ3v) is 1.59. The first-order chi connectivity index (χ1) is 5.45. The third-order valence-electron chi connectivity index (χ3n) is 0.974. The number of hydrogen-bond donors (Lipinski definition) is 1. The van der Waals surface area contributed by atoms with Gasteiger partial charge in [0.2, 0.25) is 0 Å². The van der Waals surface area contributed by atoms with Crippen LogP contribution in [-0.2, 0) is 4.74 Å². The fourth-order valence-corrected chi connectivity index (χ4v) is 0.876. The van der Waals surface area contributed by atoms with E-state index in [0.717, 1.165) is 5.75 Å². The monoisotopic (exact) mass is 191 g/mol. The van der Waals surface area contributed by atoms with E-state index >= 15 is 0 Å². The highest BCUT2D eigenvalue weighted by Crippen LogP contribution is 2.06. The number of carbonyl (C=O) groups excluding carboxylic acids is 1. The average molecular weight is 191 g/mol. The Bertz CT molecular complexity index is 142. The number of hydrogen-bond acceptors (Lipinski definition) is 3. The van der Waals surface area contributed by atoms with Crippen LogP contribution in [0.15, 0.2) is 0 Å². The molecule has 1 amide bonds. The quantitative estimate of drug-likeness (QED) is 0.692. The average Bonchev–Trinajstić information content (AvgIpc) is 1.84. The molecule has 12 heavy (non-hydrogen) atoms. The molecule has 0 fully saturated rings. The van der Waals surface area contributed by atoms with E-state index in [4.69, 9.17) is 4.74 Å².